The highest BCUT2D eigenvalue weighted by molar-refractivity contribution is 6.22. The number of nitrogens with zero attached hydrogens (tertiary/aromatic N) is 2. The Bertz CT molecular complexity index is 3640. The first kappa shape index (κ1) is 36.2. The lowest BCUT2D eigenvalue weighted by Gasteiger charge is -2.34. The smallest absolute Gasteiger partial charge is 0.227 e. The molecule has 0 unspecified atom stereocenters. The van der Waals surface area contributed by atoms with Gasteiger partial charge in [0.1, 0.15) is 16.7 Å². The van der Waals surface area contributed by atoms with Crippen molar-refractivity contribution in [1.29, 1.82) is 0 Å². The van der Waals surface area contributed by atoms with Crippen LogP contribution in [0.25, 0.3) is 77.5 Å². The van der Waals surface area contributed by atoms with E-state index in [1.54, 1.807) is 0 Å². The molecule has 0 atom stereocenters. The van der Waals surface area contributed by atoms with Crippen molar-refractivity contribution in [2.24, 2.45) is 0 Å². The molecule has 0 spiro atoms. The fourth-order valence-corrected chi connectivity index (χ4v) is 10.4. The van der Waals surface area contributed by atoms with Gasteiger partial charge >= 0.3 is 0 Å². The molecule has 4 nitrogen and oxygen atoms in total. The quantitative estimate of drug-likeness (QED) is 0.161. The van der Waals surface area contributed by atoms with Gasteiger partial charge in [-0.3, -0.25) is 0 Å². The Kier molecular flexibility index (Phi) is 8.09. The fourth-order valence-electron chi connectivity index (χ4n) is 10.4. The van der Waals surface area contributed by atoms with Crippen LogP contribution in [0.2, 0.25) is 0 Å². The molecule has 1 aliphatic carbocycles. The van der Waals surface area contributed by atoms with Crippen LogP contribution in [0.15, 0.2) is 239 Å². The second kappa shape index (κ2) is 14.3. The maximum atomic E-state index is 6.86. The second-order valence-electron chi connectivity index (χ2n) is 16.6. The summed E-state index contributed by atoms with van der Waals surface area (Å²) in [7, 11) is 0. The molecule has 300 valence electrons. The van der Waals surface area contributed by atoms with Crippen molar-refractivity contribution in [3.8, 4) is 33.7 Å². The molecule has 64 heavy (non-hydrogen) atoms. The number of oxazole rings is 1. The van der Waals surface area contributed by atoms with Crippen molar-refractivity contribution in [2.45, 2.75) is 5.41 Å². The van der Waals surface area contributed by atoms with E-state index in [9.17, 15) is 0 Å². The van der Waals surface area contributed by atoms with Gasteiger partial charge in [-0.25, -0.2) is 4.98 Å². The highest BCUT2D eigenvalue weighted by Gasteiger charge is 2.45. The van der Waals surface area contributed by atoms with Crippen LogP contribution < -0.4 is 4.90 Å². The maximum absolute atomic E-state index is 6.86. The number of furan rings is 1. The molecule has 2 aromatic heterocycles. The van der Waals surface area contributed by atoms with Gasteiger partial charge in [-0.2, -0.15) is 0 Å². The summed E-state index contributed by atoms with van der Waals surface area (Å²) in [6.45, 7) is 0. The van der Waals surface area contributed by atoms with Crippen LogP contribution >= 0.6 is 0 Å². The van der Waals surface area contributed by atoms with E-state index in [0.717, 1.165) is 72.0 Å². The monoisotopic (exact) mass is 818 g/mol. The molecule has 0 fully saturated rings. The zero-order chi connectivity index (χ0) is 42.2. The van der Waals surface area contributed by atoms with Crippen LogP contribution in [0.5, 0.6) is 0 Å². The van der Waals surface area contributed by atoms with E-state index in [1.165, 1.54) is 38.9 Å². The summed E-state index contributed by atoms with van der Waals surface area (Å²) in [4.78, 5) is 7.23. The van der Waals surface area contributed by atoms with Crippen LogP contribution in [0.1, 0.15) is 22.3 Å². The van der Waals surface area contributed by atoms with Gasteiger partial charge in [0.15, 0.2) is 5.58 Å². The first-order valence-corrected chi connectivity index (χ1v) is 21.8. The van der Waals surface area contributed by atoms with Gasteiger partial charge in [0.25, 0.3) is 0 Å². The van der Waals surface area contributed by atoms with E-state index in [0.29, 0.717) is 5.89 Å². The molecule has 0 N–H and O–H groups in total. The molecule has 13 rings (SSSR count). The molecule has 0 amide bonds. The molecule has 0 aliphatic heterocycles. The number of rotatable bonds is 7. The Morgan fingerprint density at radius 2 is 0.969 bits per heavy atom. The third-order valence-corrected chi connectivity index (χ3v) is 13.2. The van der Waals surface area contributed by atoms with Crippen molar-refractivity contribution in [3.63, 3.8) is 0 Å². The molecule has 0 saturated carbocycles. The van der Waals surface area contributed by atoms with Crippen LogP contribution in [0, 0.1) is 0 Å². The van der Waals surface area contributed by atoms with Crippen molar-refractivity contribution >= 4 is 60.9 Å². The largest absolute Gasteiger partial charge is 0.456 e. The third-order valence-electron chi connectivity index (χ3n) is 13.2. The molecule has 2 heterocycles. The Morgan fingerprint density at radius 3 is 1.70 bits per heavy atom. The van der Waals surface area contributed by atoms with E-state index in [1.807, 2.05) is 24.3 Å². The van der Waals surface area contributed by atoms with Crippen molar-refractivity contribution in [2.75, 3.05) is 4.90 Å². The number of hydrogen-bond acceptors (Lipinski definition) is 4. The van der Waals surface area contributed by atoms with Crippen LogP contribution in [0.4, 0.5) is 17.1 Å². The van der Waals surface area contributed by atoms with E-state index < -0.39 is 5.41 Å². The predicted octanol–water partition coefficient (Wildman–Crippen LogP) is 16.0. The van der Waals surface area contributed by atoms with Crippen LogP contribution in [-0.4, -0.2) is 4.98 Å². The van der Waals surface area contributed by atoms with E-state index in [4.69, 9.17) is 13.8 Å². The van der Waals surface area contributed by atoms with Crippen LogP contribution in [0.3, 0.4) is 0 Å². The lowest BCUT2D eigenvalue weighted by atomic mass is 9.68. The highest BCUT2D eigenvalue weighted by atomic mass is 16.3. The topological polar surface area (TPSA) is 42.4 Å². The Morgan fingerprint density at radius 1 is 0.391 bits per heavy atom. The normalized spacial score (nSPS) is 12.8. The summed E-state index contributed by atoms with van der Waals surface area (Å²) in [6.07, 6.45) is 0. The molecule has 4 heteroatoms. The van der Waals surface area contributed by atoms with E-state index >= 15 is 0 Å². The van der Waals surface area contributed by atoms with Gasteiger partial charge in [-0.1, -0.05) is 170 Å². The molecule has 10 aromatic carbocycles. The minimum atomic E-state index is -0.505. The van der Waals surface area contributed by atoms with Gasteiger partial charge in [0.2, 0.25) is 5.89 Å². The van der Waals surface area contributed by atoms with Crippen LogP contribution in [-0.2, 0) is 5.41 Å². The lowest BCUT2D eigenvalue weighted by Crippen LogP contribution is -2.28. The number of benzene rings is 10. The first-order valence-electron chi connectivity index (χ1n) is 21.8. The van der Waals surface area contributed by atoms with Gasteiger partial charge in [-0.05, 0) is 111 Å². The molecule has 0 radical (unpaired) electrons. The Balaban J connectivity index is 1.04. The van der Waals surface area contributed by atoms with E-state index in [-0.39, 0.29) is 0 Å². The molecule has 0 saturated heterocycles. The number of anilines is 3. The van der Waals surface area contributed by atoms with Crippen molar-refractivity contribution in [1.82, 2.24) is 4.98 Å². The zero-order valence-electron chi connectivity index (χ0n) is 34.7. The summed E-state index contributed by atoms with van der Waals surface area (Å²) in [5.41, 5.74) is 16.6. The number of para-hydroxylation sites is 2. The molecular formula is C60H38N2O2. The minimum Gasteiger partial charge on any atom is -0.456 e. The number of hydrogen-bond donors (Lipinski definition) is 0. The van der Waals surface area contributed by atoms with Gasteiger partial charge in [0.05, 0.1) is 16.5 Å². The van der Waals surface area contributed by atoms with E-state index in [2.05, 4.69) is 211 Å². The summed E-state index contributed by atoms with van der Waals surface area (Å²) in [6, 6.07) is 82.6. The Labute approximate surface area is 369 Å². The minimum absolute atomic E-state index is 0.505. The fraction of sp³-hybridized carbons (Fsp3) is 0.0167. The molecule has 0 bridgehead atoms. The summed E-state index contributed by atoms with van der Waals surface area (Å²) < 4.78 is 13.1. The average molecular weight is 819 g/mol. The maximum Gasteiger partial charge on any atom is 0.227 e. The Hall–Kier alpha value is -8.47. The standard InChI is InChI=1S/C60H38N2O2/c1-3-15-39(16-4-1)40-27-32-45(33-28-40)62(46-34-30-44(31-35-46)60(43-18-5-2-6-19-43)51-23-11-9-21-48(51)49-22-10-12-24-52(49)60)58-47-20-8-7-17-41(47)37-56-57(58)50-36-29-42(38-55(50)63-56)59-61-53-25-13-14-26-54(53)64-59/h1-38H. The lowest BCUT2D eigenvalue weighted by molar-refractivity contribution is 0.619. The SMILES string of the molecule is c1ccc(-c2ccc(N(c3ccc(C4(c5ccccc5)c5ccccc5-c5ccccc54)cc3)c3c4ccccc4cc4oc5cc(-c6nc7ccccc7o6)ccc5c34)cc2)cc1. The van der Waals surface area contributed by atoms with Gasteiger partial charge in [0, 0.05) is 27.7 Å². The number of aromatic nitrogens is 1. The summed E-state index contributed by atoms with van der Waals surface area (Å²) in [5, 5.41) is 4.26. The predicted molar refractivity (Wildman–Crippen MR) is 262 cm³/mol. The zero-order valence-corrected chi connectivity index (χ0v) is 34.7. The molecular weight excluding hydrogens is 781 g/mol. The van der Waals surface area contributed by atoms with Crippen molar-refractivity contribution in [3.05, 3.63) is 253 Å². The summed E-state index contributed by atoms with van der Waals surface area (Å²) >= 11 is 0. The summed E-state index contributed by atoms with van der Waals surface area (Å²) in [5.74, 6) is 0.565. The van der Waals surface area contributed by atoms with Gasteiger partial charge in [-0.15, -0.1) is 0 Å². The highest BCUT2D eigenvalue weighted by Crippen LogP contribution is 2.56. The number of fused-ring (bicyclic) bond motifs is 8. The first-order chi connectivity index (χ1) is 31.7. The average Bonchev–Trinajstić information content (AvgIpc) is 4.06. The molecule has 1 aliphatic rings. The third kappa shape index (κ3) is 5.46. The molecule has 12 aromatic rings. The van der Waals surface area contributed by atoms with Gasteiger partial charge < -0.3 is 13.7 Å². The second-order valence-corrected chi connectivity index (χ2v) is 16.6. The van der Waals surface area contributed by atoms with Crippen molar-refractivity contribution < 1.29 is 8.83 Å².